The summed E-state index contributed by atoms with van der Waals surface area (Å²) in [6.45, 7) is 6.22. The van der Waals surface area contributed by atoms with Crippen molar-refractivity contribution >= 4 is 0 Å². The molecule has 0 saturated heterocycles. The van der Waals surface area contributed by atoms with Crippen LogP contribution in [0, 0.1) is 0 Å². The van der Waals surface area contributed by atoms with Gasteiger partial charge in [0.05, 0.1) is 27.9 Å². The molecule has 1 N–H and O–H groups in total. The highest BCUT2D eigenvalue weighted by atomic mass is 16.5. The fourth-order valence-corrected chi connectivity index (χ4v) is 1.88. The van der Waals surface area contributed by atoms with E-state index in [0.29, 0.717) is 30.4 Å². The largest absolute Gasteiger partial charge is 0.493 e. The van der Waals surface area contributed by atoms with Crippen molar-refractivity contribution in [1.29, 1.82) is 0 Å². The predicted octanol–water partition coefficient (Wildman–Crippen LogP) is 2.23. The minimum atomic E-state index is 0.286. The minimum absolute atomic E-state index is 0.286. The lowest BCUT2D eigenvalue weighted by Gasteiger charge is -2.16. The number of ether oxygens (including phenoxy) is 4. The maximum absolute atomic E-state index is 5.38. The first kappa shape index (κ1) is 16.6. The van der Waals surface area contributed by atoms with Crippen LogP contribution in [-0.4, -0.2) is 40.6 Å². The maximum atomic E-state index is 5.38. The third kappa shape index (κ3) is 4.58. The fourth-order valence-electron chi connectivity index (χ4n) is 1.88. The van der Waals surface area contributed by atoms with E-state index in [1.807, 2.05) is 19.1 Å². The van der Waals surface area contributed by atoms with Crippen molar-refractivity contribution in [2.24, 2.45) is 0 Å². The van der Waals surface area contributed by atoms with Gasteiger partial charge in [-0.15, -0.1) is 0 Å². The molecule has 0 saturated carbocycles. The van der Waals surface area contributed by atoms with Gasteiger partial charge >= 0.3 is 0 Å². The molecule has 0 aliphatic heterocycles. The summed E-state index contributed by atoms with van der Waals surface area (Å²) in [6, 6.07) is 4.18. The van der Waals surface area contributed by atoms with E-state index < -0.39 is 0 Å². The molecule has 1 unspecified atom stereocenters. The Morgan fingerprint density at radius 2 is 1.65 bits per heavy atom. The van der Waals surface area contributed by atoms with E-state index in [1.165, 1.54) is 0 Å². The van der Waals surface area contributed by atoms with Crippen molar-refractivity contribution in [1.82, 2.24) is 5.32 Å². The molecule has 0 radical (unpaired) electrons. The highest BCUT2D eigenvalue weighted by Crippen LogP contribution is 2.38. The average molecular weight is 283 g/mol. The molecule has 0 spiro atoms. The van der Waals surface area contributed by atoms with Crippen LogP contribution >= 0.6 is 0 Å². The molecule has 0 heterocycles. The van der Waals surface area contributed by atoms with Gasteiger partial charge in [-0.2, -0.15) is 0 Å². The number of methoxy groups -OCH3 is 3. The first-order valence-corrected chi connectivity index (χ1v) is 6.76. The van der Waals surface area contributed by atoms with Crippen LogP contribution in [0.25, 0.3) is 0 Å². The average Bonchev–Trinajstić information content (AvgIpc) is 2.49. The lowest BCUT2D eigenvalue weighted by molar-refractivity contribution is 0.127. The molecule has 0 aliphatic rings. The van der Waals surface area contributed by atoms with E-state index in [9.17, 15) is 0 Å². The summed E-state index contributed by atoms with van der Waals surface area (Å²) >= 11 is 0. The topological polar surface area (TPSA) is 49.0 Å². The number of hydrogen-bond donors (Lipinski definition) is 1. The highest BCUT2D eigenvalue weighted by molar-refractivity contribution is 5.53. The SMILES string of the molecule is CCOCC(C)NCc1cc(OC)c(OC)c(OC)c1. The van der Waals surface area contributed by atoms with E-state index in [0.717, 1.165) is 12.2 Å². The van der Waals surface area contributed by atoms with Gasteiger partial charge < -0.3 is 24.3 Å². The molecule has 5 heteroatoms. The summed E-state index contributed by atoms with van der Waals surface area (Å²) < 4.78 is 21.3. The summed E-state index contributed by atoms with van der Waals surface area (Å²) in [5, 5.41) is 3.40. The van der Waals surface area contributed by atoms with E-state index in [4.69, 9.17) is 18.9 Å². The second kappa shape index (κ2) is 8.66. The Bertz CT molecular complexity index is 384. The first-order valence-electron chi connectivity index (χ1n) is 6.76. The van der Waals surface area contributed by atoms with Crippen LogP contribution in [0.1, 0.15) is 19.4 Å². The molecule has 0 amide bonds. The summed E-state index contributed by atoms with van der Waals surface area (Å²) in [6.07, 6.45) is 0. The number of rotatable bonds is 9. The monoisotopic (exact) mass is 283 g/mol. The van der Waals surface area contributed by atoms with Gasteiger partial charge in [0.25, 0.3) is 0 Å². The van der Waals surface area contributed by atoms with Crippen LogP contribution in [0.2, 0.25) is 0 Å². The molecule has 1 aromatic carbocycles. The summed E-state index contributed by atoms with van der Waals surface area (Å²) in [5.74, 6) is 1.95. The van der Waals surface area contributed by atoms with Crippen molar-refractivity contribution in [3.8, 4) is 17.2 Å². The zero-order valence-corrected chi connectivity index (χ0v) is 13.0. The van der Waals surface area contributed by atoms with E-state index in [-0.39, 0.29) is 6.04 Å². The maximum Gasteiger partial charge on any atom is 0.203 e. The number of nitrogens with one attached hydrogen (secondary N) is 1. The molecule has 0 fully saturated rings. The van der Waals surface area contributed by atoms with Gasteiger partial charge in [-0.1, -0.05) is 0 Å². The third-order valence-corrected chi connectivity index (χ3v) is 2.95. The highest BCUT2D eigenvalue weighted by Gasteiger charge is 2.13. The first-order chi connectivity index (χ1) is 9.65. The van der Waals surface area contributed by atoms with Gasteiger partial charge in [-0.25, -0.2) is 0 Å². The summed E-state index contributed by atoms with van der Waals surface area (Å²) in [7, 11) is 4.83. The third-order valence-electron chi connectivity index (χ3n) is 2.95. The smallest absolute Gasteiger partial charge is 0.203 e. The van der Waals surface area contributed by atoms with Crippen LogP contribution in [0.15, 0.2) is 12.1 Å². The van der Waals surface area contributed by atoms with Gasteiger partial charge in [0.1, 0.15) is 0 Å². The van der Waals surface area contributed by atoms with Crippen molar-refractivity contribution in [2.45, 2.75) is 26.4 Å². The zero-order chi connectivity index (χ0) is 15.0. The Morgan fingerprint density at radius 3 is 2.10 bits per heavy atom. The van der Waals surface area contributed by atoms with Gasteiger partial charge in [0, 0.05) is 19.2 Å². The summed E-state index contributed by atoms with van der Waals surface area (Å²) in [4.78, 5) is 0. The zero-order valence-electron chi connectivity index (χ0n) is 13.0. The molecule has 0 aromatic heterocycles. The molecule has 0 aliphatic carbocycles. The summed E-state index contributed by atoms with van der Waals surface area (Å²) in [5.41, 5.74) is 1.07. The van der Waals surface area contributed by atoms with Gasteiger partial charge in [-0.05, 0) is 31.5 Å². The Morgan fingerprint density at radius 1 is 1.05 bits per heavy atom. The van der Waals surface area contributed by atoms with Gasteiger partial charge in [0.2, 0.25) is 5.75 Å². The Labute approximate surface area is 121 Å². The molecule has 1 aromatic rings. The lowest BCUT2D eigenvalue weighted by atomic mass is 10.1. The molecule has 20 heavy (non-hydrogen) atoms. The van der Waals surface area contributed by atoms with Crippen LogP contribution in [0.4, 0.5) is 0 Å². The molecule has 0 bridgehead atoms. The molecule has 1 atom stereocenters. The Balaban J connectivity index is 2.75. The van der Waals surface area contributed by atoms with Gasteiger partial charge in [0.15, 0.2) is 11.5 Å². The number of hydrogen-bond acceptors (Lipinski definition) is 5. The predicted molar refractivity (Wildman–Crippen MR) is 78.9 cm³/mol. The van der Waals surface area contributed by atoms with Crippen molar-refractivity contribution in [2.75, 3.05) is 34.5 Å². The quantitative estimate of drug-likeness (QED) is 0.753. The van der Waals surface area contributed by atoms with E-state index in [2.05, 4.69) is 12.2 Å². The van der Waals surface area contributed by atoms with Gasteiger partial charge in [-0.3, -0.25) is 0 Å². The molecule has 114 valence electrons. The molecule has 5 nitrogen and oxygen atoms in total. The lowest BCUT2D eigenvalue weighted by Crippen LogP contribution is -2.30. The van der Waals surface area contributed by atoms with Crippen LogP contribution < -0.4 is 19.5 Å². The second-order valence-corrected chi connectivity index (χ2v) is 4.48. The molecular weight excluding hydrogens is 258 g/mol. The fraction of sp³-hybridized carbons (Fsp3) is 0.600. The molecular formula is C15H25NO4. The van der Waals surface area contributed by atoms with E-state index >= 15 is 0 Å². The van der Waals surface area contributed by atoms with Crippen molar-refractivity contribution < 1.29 is 18.9 Å². The van der Waals surface area contributed by atoms with Crippen molar-refractivity contribution in [3.63, 3.8) is 0 Å². The van der Waals surface area contributed by atoms with Crippen LogP contribution in [0.3, 0.4) is 0 Å². The van der Waals surface area contributed by atoms with E-state index in [1.54, 1.807) is 21.3 Å². The van der Waals surface area contributed by atoms with Crippen LogP contribution in [-0.2, 0) is 11.3 Å². The minimum Gasteiger partial charge on any atom is -0.493 e. The molecule has 1 rings (SSSR count). The second-order valence-electron chi connectivity index (χ2n) is 4.48. The number of benzene rings is 1. The van der Waals surface area contributed by atoms with Crippen LogP contribution in [0.5, 0.6) is 17.2 Å². The standard InChI is InChI=1S/C15H25NO4/c1-6-20-10-11(2)16-9-12-7-13(17-3)15(19-5)14(8-12)18-4/h7-8,11,16H,6,9-10H2,1-5H3. The normalized spacial score (nSPS) is 12.1. The van der Waals surface area contributed by atoms with Crippen molar-refractivity contribution in [3.05, 3.63) is 17.7 Å². The Hall–Kier alpha value is -1.46. The Kier molecular flexibility index (Phi) is 7.18.